The van der Waals surface area contributed by atoms with Gasteiger partial charge in [0.05, 0.1) is 0 Å². The highest BCUT2D eigenvalue weighted by Gasteiger charge is 2.05. The van der Waals surface area contributed by atoms with E-state index in [1.54, 1.807) is 0 Å². The summed E-state index contributed by atoms with van der Waals surface area (Å²) < 4.78 is 0. The van der Waals surface area contributed by atoms with Crippen LogP contribution in [0.4, 0.5) is 11.6 Å². The summed E-state index contributed by atoms with van der Waals surface area (Å²) in [6, 6.07) is 0. The Balaban J connectivity index is 3.06. The normalized spacial score (nSPS) is 10.1. The maximum Gasteiger partial charge on any atom is 0.134 e. The van der Waals surface area contributed by atoms with E-state index in [-0.39, 0.29) is 0 Å². The van der Waals surface area contributed by atoms with Crippen LogP contribution in [0.3, 0.4) is 0 Å². The highest BCUT2D eigenvalue weighted by atomic mass is 15.0. The van der Waals surface area contributed by atoms with Crippen LogP contribution in [-0.4, -0.2) is 17.0 Å². The number of nitrogens with two attached hydrogens (primary N) is 1. The molecule has 0 saturated heterocycles. The maximum atomic E-state index is 5.74. The van der Waals surface area contributed by atoms with Crippen LogP contribution in [0, 0.1) is 6.92 Å². The Morgan fingerprint density at radius 3 is 2.62 bits per heavy atom. The number of hydrogen-bond acceptors (Lipinski definition) is 4. The molecule has 0 aliphatic heterocycles. The molecule has 0 spiro atoms. The van der Waals surface area contributed by atoms with Crippen molar-refractivity contribution in [2.24, 2.45) is 0 Å². The Morgan fingerprint density at radius 2 is 2.08 bits per heavy atom. The summed E-state index contributed by atoms with van der Waals surface area (Å²) in [7, 11) is 1.84. The lowest BCUT2D eigenvalue weighted by Gasteiger charge is -2.08. The quantitative estimate of drug-likeness (QED) is 0.737. The van der Waals surface area contributed by atoms with Crippen molar-refractivity contribution < 1.29 is 0 Å². The molecule has 1 aromatic heterocycles. The van der Waals surface area contributed by atoms with Gasteiger partial charge >= 0.3 is 0 Å². The van der Waals surface area contributed by atoms with Gasteiger partial charge in [0, 0.05) is 19.0 Å². The van der Waals surface area contributed by atoms with Crippen LogP contribution in [-0.2, 0) is 6.42 Å². The maximum absolute atomic E-state index is 5.74. The molecule has 13 heavy (non-hydrogen) atoms. The van der Waals surface area contributed by atoms with Crippen molar-refractivity contribution in [3.63, 3.8) is 0 Å². The third-order valence-corrected chi connectivity index (χ3v) is 1.94. The molecule has 0 amide bonds. The summed E-state index contributed by atoms with van der Waals surface area (Å²) in [5.41, 5.74) is 6.66. The van der Waals surface area contributed by atoms with Gasteiger partial charge in [-0.1, -0.05) is 6.92 Å². The molecule has 0 atom stereocenters. The lowest BCUT2D eigenvalue weighted by atomic mass is 10.2. The van der Waals surface area contributed by atoms with Crippen LogP contribution in [0.5, 0.6) is 0 Å². The fourth-order valence-electron chi connectivity index (χ4n) is 1.16. The van der Waals surface area contributed by atoms with E-state index < -0.39 is 0 Å². The molecule has 3 N–H and O–H groups in total. The third kappa shape index (κ3) is 2.08. The topological polar surface area (TPSA) is 63.8 Å². The fraction of sp³-hybridized carbons (Fsp3) is 0.556. The van der Waals surface area contributed by atoms with Gasteiger partial charge in [0.15, 0.2) is 0 Å². The molecule has 0 aliphatic carbocycles. The largest absolute Gasteiger partial charge is 0.383 e. The first kappa shape index (κ1) is 9.77. The second kappa shape index (κ2) is 4.07. The van der Waals surface area contributed by atoms with Crippen LogP contribution in [0.1, 0.15) is 24.7 Å². The molecular weight excluding hydrogens is 164 g/mol. The second-order valence-corrected chi connectivity index (χ2v) is 3.00. The average molecular weight is 180 g/mol. The van der Waals surface area contributed by atoms with Crippen molar-refractivity contribution in [1.29, 1.82) is 0 Å². The zero-order valence-electron chi connectivity index (χ0n) is 8.39. The van der Waals surface area contributed by atoms with Crippen LogP contribution in [0.25, 0.3) is 0 Å². The molecule has 1 rings (SSSR count). The van der Waals surface area contributed by atoms with Crippen molar-refractivity contribution in [3.05, 3.63) is 11.4 Å². The van der Waals surface area contributed by atoms with Gasteiger partial charge in [0.2, 0.25) is 0 Å². The Kier molecular flexibility index (Phi) is 3.06. The van der Waals surface area contributed by atoms with E-state index in [2.05, 4.69) is 22.2 Å². The zero-order valence-corrected chi connectivity index (χ0v) is 8.39. The minimum atomic E-state index is 0.572. The molecule has 0 bridgehead atoms. The zero-order chi connectivity index (χ0) is 9.84. The molecule has 0 saturated carbocycles. The van der Waals surface area contributed by atoms with E-state index in [0.29, 0.717) is 5.82 Å². The van der Waals surface area contributed by atoms with E-state index in [9.17, 15) is 0 Å². The van der Waals surface area contributed by atoms with E-state index in [1.807, 2.05) is 14.0 Å². The van der Waals surface area contributed by atoms with Crippen molar-refractivity contribution in [2.45, 2.75) is 26.7 Å². The number of rotatable bonds is 3. The van der Waals surface area contributed by atoms with Crippen molar-refractivity contribution in [1.82, 2.24) is 9.97 Å². The number of nitrogens with one attached hydrogen (secondary N) is 1. The fourth-order valence-corrected chi connectivity index (χ4v) is 1.16. The summed E-state index contributed by atoms with van der Waals surface area (Å²) in [6.07, 6.45) is 1.91. The lowest BCUT2D eigenvalue weighted by Crippen LogP contribution is -2.06. The molecule has 1 heterocycles. The van der Waals surface area contributed by atoms with Gasteiger partial charge in [0.1, 0.15) is 17.5 Å². The van der Waals surface area contributed by atoms with Crippen molar-refractivity contribution in [3.8, 4) is 0 Å². The van der Waals surface area contributed by atoms with E-state index >= 15 is 0 Å². The van der Waals surface area contributed by atoms with Crippen molar-refractivity contribution in [2.75, 3.05) is 18.1 Å². The number of nitrogens with zero attached hydrogens (tertiary/aromatic N) is 2. The molecule has 4 nitrogen and oxygen atoms in total. The summed E-state index contributed by atoms with van der Waals surface area (Å²) in [4.78, 5) is 8.54. The smallest absolute Gasteiger partial charge is 0.134 e. The van der Waals surface area contributed by atoms with Gasteiger partial charge < -0.3 is 11.1 Å². The van der Waals surface area contributed by atoms with Crippen LogP contribution >= 0.6 is 0 Å². The Labute approximate surface area is 78.6 Å². The number of nitrogen functional groups attached to an aromatic ring is 1. The number of aromatic nitrogens is 2. The van der Waals surface area contributed by atoms with Gasteiger partial charge in [-0.15, -0.1) is 0 Å². The molecule has 0 radical (unpaired) electrons. The average Bonchev–Trinajstić information content (AvgIpc) is 2.11. The predicted molar refractivity (Wildman–Crippen MR) is 54.7 cm³/mol. The minimum absolute atomic E-state index is 0.572. The van der Waals surface area contributed by atoms with Gasteiger partial charge in [-0.3, -0.25) is 0 Å². The standard InChI is InChI=1S/C9H16N4/c1-4-5-7-12-8(10)6(2)9(11-3)13-7/h4-5H2,1-3H3,(H3,10,11,12,13). The monoisotopic (exact) mass is 180 g/mol. The molecule has 0 aromatic carbocycles. The SMILES string of the molecule is CCCc1nc(N)c(C)c(NC)n1. The van der Waals surface area contributed by atoms with Gasteiger partial charge in [-0.2, -0.15) is 0 Å². The third-order valence-electron chi connectivity index (χ3n) is 1.94. The number of aryl methyl sites for hydroxylation is 1. The van der Waals surface area contributed by atoms with E-state index in [0.717, 1.165) is 30.0 Å². The molecule has 0 unspecified atom stereocenters. The molecular formula is C9H16N4. The summed E-state index contributed by atoms with van der Waals surface area (Å²) >= 11 is 0. The summed E-state index contributed by atoms with van der Waals surface area (Å²) in [6.45, 7) is 4.01. The van der Waals surface area contributed by atoms with Gasteiger partial charge in [-0.05, 0) is 13.3 Å². The van der Waals surface area contributed by atoms with E-state index in [1.165, 1.54) is 0 Å². The molecule has 0 fully saturated rings. The van der Waals surface area contributed by atoms with E-state index in [4.69, 9.17) is 5.73 Å². The van der Waals surface area contributed by atoms with Crippen LogP contribution < -0.4 is 11.1 Å². The number of hydrogen-bond donors (Lipinski definition) is 2. The molecule has 72 valence electrons. The number of anilines is 2. The Bertz CT molecular complexity index is 296. The lowest BCUT2D eigenvalue weighted by molar-refractivity contribution is 0.835. The van der Waals surface area contributed by atoms with Crippen LogP contribution in [0.15, 0.2) is 0 Å². The summed E-state index contributed by atoms with van der Waals surface area (Å²) in [5.74, 6) is 2.22. The first-order valence-electron chi connectivity index (χ1n) is 4.49. The van der Waals surface area contributed by atoms with Crippen LogP contribution in [0.2, 0.25) is 0 Å². The first-order valence-corrected chi connectivity index (χ1v) is 4.49. The molecule has 4 heteroatoms. The van der Waals surface area contributed by atoms with Gasteiger partial charge in [-0.25, -0.2) is 9.97 Å². The van der Waals surface area contributed by atoms with Gasteiger partial charge in [0.25, 0.3) is 0 Å². The highest BCUT2D eigenvalue weighted by molar-refractivity contribution is 5.54. The predicted octanol–water partition coefficient (Wildman–Crippen LogP) is 1.36. The minimum Gasteiger partial charge on any atom is -0.383 e. The summed E-state index contributed by atoms with van der Waals surface area (Å²) in [5, 5.41) is 3.00. The first-order chi connectivity index (χ1) is 6.19. The Morgan fingerprint density at radius 1 is 1.38 bits per heavy atom. The second-order valence-electron chi connectivity index (χ2n) is 3.00. The molecule has 1 aromatic rings. The van der Waals surface area contributed by atoms with Crippen molar-refractivity contribution >= 4 is 11.6 Å². The Hall–Kier alpha value is -1.32. The highest BCUT2D eigenvalue weighted by Crippen LogP contribution is 2.16. The molecule has 0 aliphatic rings.